The fourth-order valence-electron chi connectivity index (χ4n) is 1.77. The molecule has 0 radical (unpaired) electrons. The lowest BCUT2D eigenvalue weighted by molar-refractivity contribution is 0.0527. The molecule has 0 aliphatic rings. The van der Waals surface area contributed by atoms with Gasteiger partial charge in [0.05, 0.1) is 22.9 Å². The Labute approximate surface area is 132 Å². The lowest BCUT2D eigenvalue weighted by atomic mass is 10.1. The second-order valence-electron chi connectivity index (χ2n) is 4.27. The molecule has 3 N–H and O–H groups in total. The number of carbonyl (C=O) groups is 1. The summed E-state index contributed by atoms with van der Waals surface area (Å²) in [5, 5.41) is 4.18. The van der Waals surface area contributed by atoms with Crippen LogP contribution >= 0.6 is 23.2 Å². The van der Waals surface area contributed by atoms with E-state index in [2.05, 4.69) is 5.32 Å². The number of hydrogen-bond acceptors (Lipinski definition) is 4. The number of nitrogen functional groups attached to an aromatic ring is 1. The van der Waals surface area contributed by atoms with E-state index in [-0.39, 0.29) is 6.61 Å². The molecule has 0 fully saturated rings. The van der Waals surface area contributed by atoms with E-state index in [1.165, 1.54) is 0 Å². The molecule has 6 heteroatoms. The van der Waals surface area contributed by atoms with Crippen molar-refractivity contribution in [3.8, 4) is 0 Å². The Bertz CT molecular complexity index is 675. The molecule has 0 unspecified atom stereocenters. The van der Waals surface area contributed by atoms with E-state index in [4.69, 9.17) is 33.7 Å². The maximum absolute atomic E-state index is 11.8. The first-order valence-corrected chi connectivity index (χ1v) is 7.05. The molecule has 2 aromatic carbocycles. The minimum absolute atomic E-state index is 0.288. The van der Waals surface area contributed by atoms with Crippen molar-refractivity contribution in [2.75, 3.05) is 17.7 Å². The second kappa shape index (κ2) is 6.70. The molecule has 2 rings (SSSR count). The summed E-state index contributed by atoms with van der Waals surface area (Å²) in [6.07, 6.45) is 0. The number of rotatable bonds is 4. The summed E-state index contributed by atoms with van der Waals surface area (Å²) in [5.74, 6) is -0.462. The average molecular weight is 325 g/mol. The van der Waals surface area contributed by atoms with E-state index in [1.807, 2.05) is 0 Å². The predicted molar refractivity (Wildman–Crippen MR) is 86.6 cm³/mol. The van der Waals surface area contributed by atoms with Crippen LogP contribution in [-0.2, 0) is 4.74 Å². The van der Waals surface area contributed by atoms with Crippen LogP contribution < -0.4 is 11.1 Å². The molecular weight excluding hydrogens is 311 g/mol. The first-order valence-electron chi connectivity index (χ1n) is 6.30. The van der Waals surface area contributed by atoms with Crippen molar-refractivity contribution in [2.45, 2.75) is 6.92 Å². The molecule has 0 saturated carbocycles. The van der Waals surface area contributed by atoms with Crippen molar-refractivity contribution < 1.29 is 9.53 Å². The van der Waals surface area contributed by atoms with Gasteiger partial charge in [-0.1, -0.05) is 23.2 Å². The maximum atomic E-state index is 11.8. The van der Waals surface area contributed by atoms with Crippen LogP contribution in [0.15, 0.2) is 36.4 Å². The maximum Gasteiger partial charge on any atom is 0.340 e. The Morgan fingerprint density at radius 3 is 2.71 bits per heavy atom. The molecule has 0 aliphatic carbocycles. The largest absolute Gasteiger partial charge is 0.462 e. The predicted octanol–water partition coefficient (Wildman–Crippen LogP) is 4.50. The highest BCUT2D eigenvalue weighted by Gasteiger charge is 2.12. The van der Waals surface area contributed by atoms with Crippen molar-refractivity contribution in [3.05, 3.63) is 52.0 Å². The number of anilines is 3. The van der Waals surface area contributed by atoms with Crippen molar-refractivity contribution in [3.63, 3.8) is 0 Å². The van der Waals surface area contributed by atoms with Gasteiger partial charge in [-0.25, -0.2) is 4.79 Å². The smallest absolute Gasteiger partial charge is 0.340 e. The van der Waals surface area contributed by atoms with Gasteiger partial charge in [-0.2, -0.15) is 0 Å². The minimum Gasteiger partial charge on any atom is -0.462 e. The van der Waals surface area contributed by atoms with E-state index in [0.717, 1.165) is 0 Å². The average Bonchev–Trinajstić information content (AvgIpc) is 2.45. The zero-order chi connectivity index (χ0) is 15.4. The van der Waals surface area contributed by atoms with Gasteiger partial charge in [-0.15, -0.1) is 0 Å². The van der Waals surface area contributed by atoms with Crippen LogP contribution in [0.1, 0.15) is 17.3 Å². The first kappa shape index (κ1) is 15.5. The zero-order valence-corrected chi connectivity index (χ0v) is 12.8. The van der Waals surface area contributed by atoms with Gasteiger partial charge in [0.2, 0.25) is 0 Å². The SMILES string of the molecule is CCOC(=O)c1cc(Nc2cc(Cl)ccc2Cl)ccc1N. The standard InChI is InChI=1S/C15H14Cl2N2O2/c1-2-21-15(20)11-8-10(4-6-13(11)18)19-14-7-9(16)3-5-12(14)17/h3-8,19H,2,18H2,1H3. The summed E-state index contributed by atoms with van der Waals surface area (Å²) in [6, 6.07) is 10.1. The third-order valence-corrected chi connectivity index (χ3v) is 3.32. The molecule has 2 aromatic rings. The molecule has 0 atom stereocenters. The number of hydrogen-bond donors (Lipinski definition) is 2. The van der Waals surface area contributed by atoms with Gasteiger partial charge in [-0.05, 0) is 43.3 Å². The van der Waals surface area contributed by atoms with E-state index in [0.29, 0.717) is 32.7 Å². The minimum atomic E-state index is -0.462. The second-order valence-corrected chi connectivity index (χ2v) is 5.12. The number of carbonyl (C=O) groups excluding carboxylic acids is 1. The fourth-order valence-corrected chi connectivity index (χ4v) is 2.11. The molecule has 0 aliphatic heterocycles. The Kier molecular flexibility index (Phi) is 4.94. The third-order valence-electron chi connectivity index (χ3n) is 2.76. The molecule has 0 amide bonds. The normalized spacial score (nSPS) is 10.2. The van der Waals surface area contributed by atoms with Crippen LogP contribution in [0, 0.1) is 0 Å². The van der Waals surface area contributed by atoms with Crippen LogP contribution in [0.5, 0.6) is 0 Å². The molecule has 0 spiro atoms. The Morgan fingerprint density at radius 2 is 2.00 bits per heavy atom. The summed E-state index contributed by atoms with van der Waals surface area (Å²) in [4.78, 5) is 11.8. The Balaban J connectivity index is 2.31. The van der Waals surface area contributed by atoms with Crippen LogP contribution in [0.3, 0.4) is 0 Å². The molecule has 21 heavy (non-hydrogen) atoms. The monoisotopic (exact) mass is 324 g/mol. The molecule has 0 heterocycles. The van der Waals surface area contributed by atoms with Crippen molar-refractivity contribution in [2.24, 2.45) is 0 Å². The van der Waals surface area contributed by atoms with Gasteiger partial charge < -0.3 is 15.8 Å². The van der Waals surface area contributed by atoms with Gasteiger partial charge in [0.1, 0.15) is 0 Å². The topological polar surface area (TPSA) is 64.3 Å². The molecule has 110 valence electrons. The van der Waals surface area contributed by atoms with Crippen LogP contribution in [-0.4, -0.2) is 12.6 Å². The van der Waals surface area contributed by atoms with E-state index >= 15 is 0 Å². The van der Waals surface area contributed by atoms with E-state index in [1.54, 1.807) is 43.3 Å². The number of benzene rings is 2. The van der Waals surface area contributed by atoms with Crippen LogP contribution in [0.25, 0.3) is 0 Å². The zero-order valence-electron chi connectivity index (χ0n) is 11.3. The molecule has 4 nitrogen and oxygen atoms in total. The summed E-state index contributed by atoms with van der Waals surface area (Å²) in [6.45, 7) is 2.03. The van der Waals surface area contributed by atoms with Crippen molar-refractivity contribution in [1.29, 1.82) is 0 Å². The van der Waals surface area contributed by atoms with Crippen molar-refractivity contribution >= 4 is 46.2 Å². The summed E-state index contributed by atoms with van der Waals surface area (Å²) in [5.41, 5.74) is 7.76. The van der Waals surface area contributed by atoms with Gasteiger partial charge in [0.15, 0.2) is 0 Å². The third kappa shape index (κ3) is 3.80. The number of nitrogens with one attached hydrogen (secondary N) is 1. The Morgan fingerprint density at radius 1 is 1.24 bits per heavy atom. The van der Waals surface area contributed by atoms with Gasteiger partial charge in [0.25, 0.3) is 0 Å². The summed E-state index contributed by atoms with van der Waals surface area (Å²) < 4.78 is 4.96. The molecule has 0 aromatic heterocycles. The number of ether oxygens (including phenoxy) is 1. The van der Waals surface area contributed by atoms with Crippen molar-refractivity contribution in [1.82, 2.24) is 0 Å². The quantitative estimate of drug-likeness (QED) is 0.642. The number of nitrogens with two attached hydrogens (primary N) is 1. The summed E-state index contributed by atoms with van der Waals surface area (Å²) >= 11 is 12.0. The van der Waals surface area contributed by atoms with Gasteiger partial charge >= 0.3 is 5.97 Å². The van der Waals surface area contributed by atoms with Crippen LogP contribution in [0.2, 0.25) is 10.0 Å². The fraction of sp³-hybridized carbons (Fsp3) is 0.133. The molecule has 0 bridgehead atoms. The van der Waals surface area contributed by atoms with Crippen LogP contribution in [0.4, 0.5) is 17.1 Å². The van der Waals surface area contributed by atoms with Gasteiger partial charge in [0, 0.05) is 16.4 Å². The van der Waals surface area contributed by atoms with E-state index in [9.17, 15) is 4.79 Å². The molecular formula is C15H14Cl2N2O2. The number of esters is 1. The highest BCUT2D eigenvalue weighted by Crippen LogP contribution is 2.29. The lowest BCUT2D eigenvalue weighted by Gasteiger charge is -2.11. The van der Waals surface area contributed by atoms with E-state index < -0.39 is 5.97 Å². The first-order chi connectivity index (χ1) is 10.0. The highest BCUT2D eigenvalue weighted by atomic mass is 35.5. The lowest BCUT2D eigenvalue weighted by Crippen LogP contribution is -2.08. The Hall–Kier alpha value is -1.91. The number of halogens is 2. The van der Waals surface area contributed by atoms with Gasteiger partial charge in [-0.3, -0.25) is 0 Å². The highest BCUT2D eigenvalue weighted by molar-refractivity contribution is 6.35. The molecule has 0 saturated heterocycles. The summed E-state index contributed by atoms with van der Waals surface area (Å²) in [7, 11) is 0.